The van der Waals surface area contributed by atoms with E-state index in [2.05, 4.69) is 55.0 Å². The molecule has 1 saturated heterocycles. The highest BCUT2D eigenvalue weighted by Gasteiger charge is 2.37. The number of aryl methyl sites for hydroxylation is 2. The Labute approximate surface area is 382 Å². The monoisotopic (exact) mass is 934 g/mol. The molecule has 21 heteroatoms. The number of amides is 6. The fourth-order valence-electron chi connectivity index (χ4n) is 7.58. The van der Waals surface area contributed by atoms with Gasteiger partial charge in [0.25, 0.3) is 0 Å². The van der Waals surface area contributed by atoms with Crippen LogP contribution in [0.5, 0.6) is 0 Å². The molecule has 364 valence electrons. The first-order valence-corrected chi connectivity index (χ1v) is 24.1. The summed E-state index contributed by atoms with van der Waals surface area (Å²) in [5.74, 6) is -4.35. The zero-order valence-electron chi connectivity index (χ0n) is 38.4. The Kier molecular flexibility index (Phi) is 23.8. The molecular formula is C44H71N8O12P. The number of primary amides is 1. The molecule has 0 radical (unpaired) electrons. The summed E-state index contributed by atoms with van der Waals surface area (Å²) in [7, 11) is -3.52. The summed E-state index contributed by atoms with van der Waals surface area (Å²) in [5.41, 5.74) is 7.35. The largest absolute Gasteiger partial charge is 0.469 e. The third-order valence-electron chi connectivity index (χ3n) is 11.0. The Morgan fingerprint density at radius 2 is 1.54 bits per heavy atom. The molecule has 1 unspecified atom stereocenters. The van der Waals surface area contributed by atoms with Gasteiger partial charge in [0.2, 0.25) is 35.4 Å². The molecule has 1 aromatic carbocycles. The van der Waals surface area contributed by atoms with Crippen LogP contribution in [0.3, 0.4) is 0 Å². The second kappa shape index (κ2) is 28.3. The molecule has 65 heavy (non-hydrogen) atoms. The maximum absolute atomic E-state index is 14.2. The molecule has 0 aliphatic carbocycles. The van der Waals surface area contributed by atoms with E-state index in [1.165, 1.54) is 17.4 Å². The molecule has 1 fully saturated rings. The molecule has 0 spiro atoms. The summed E-state index contributed by atoms with van der Waals surface area (Å²) in [6.45, 7) is 8.06. The van der Waals surface area contributed by atoms with Crippen molar-refractivity contribution in [2.75, 3.05) is 33.5 Å². The predicted molar refractivity (Wildman–Crippen MR) is 240 cm³/mol. The summed E-state index contributed by atoms with van der Waals surface area (Å²) in [5, 5.41) is 10.4. The maximum Gasteiger partial charge on any atom is 0.469 e. The highest BCUT2D eigenvalue weighted by atomic mass is 31.2. The molecule has 0 saturated carbocycles. The van der Waals surface area contributed by atoms with Gasteiger partial charge < -0.3 is 55.7 Å². The van der Waals surface area contributed by atoms with Crippen molar-refractivity contribution in [2.24, 2.45) is 11.7 Å². The number of imidazole rings is 1. The number of aromatic nitrogens is 2. The minimum absolute atomic E-state index is 0.0534. The zero-order valence-corrected chi connectivity index (χ0v) is 39.3. The van der Waals surface area contributed by atoms with Gasteiger partial charge in [-0.15, -0.1) is 0 Å². The van der Waals surface area contributed by atoms with Crippen molar-refractivity contribution >= 4 is 43.3 Å². The fraction of sp³-hybridized carbons (Fsp3) is 0.659. The number of benzene rings is 1. The summed E-state index contributed by atoms with van der Waals surface area (Å²) in [6, 6.07) is 4.19. The number of phosphoric acid groups is 1. The van der Waals surface area contributed by atoms with Crippen LogP contribution in [0.1, 0.15) is 103 Å². The maximum atomic E-state index is 14.2. The number of hydrogen-bond acceptors (Lipinski definition) is 11. The van der Waals surface area contributed by atoms with Crippen molar-refractivity contribution in [3.05, 3.63) is 54.1 Å². The number of phosphoric ester groups is 1. The number of nitrogens with zero attached hydrogens (tertiary/aromatic N) is 3. The van der Waals surface area contributed by atoms with E-state index in [0.29, 0.717) is 44.8 Å². The van der Waals surface area contributed by atoms with Crippen LogP contribution in [0.2, 0.25) is 0 Å². The minimum Gasteiger partial charge on any atom is -0.382 e. The quantitative estimate of drug-likeness (QED) is 0.0422. The number of nitrogens with two attached hydrogens (primary N) is 1. The van der Waals surface area contributed by atoms with E-state index in [-0.39, 0.29) is 37.7 Å². The highest BCUT2D eigenvalue weighted by Crippen LogP contribution is 2.38. The molecule has 20 nitrogen and oxygen atoms in total. The molecule has 0 bridgehead atoms. The molecule has 6 amide bonds. The van der Waals surface area contributed by atoms with Gasteiger partial charge in [0.05, 0.1) is 38.7 Å². The van der Waals surface area contributed by atoms with E-state index >= 15 is 0 Å². The first-order chi connectivity index (χ1) is 30.9. The molecule has 1 aliphatic heterocycles. The van der Waals surface area contributed by atoms with Gasteiger partial charge in [-0.1, -0.05) is 69.9 Å². The van der Waals surface area contributed by atoms with E-state index in [0.717, 1.165) is 51.9 Å². The topological polar surface area (TPSA) is 283 Å². The van der Waals surface area contributed by atoms with Crippen LogP contribution in [0.15, 0.2) is 42.9 Å². The van der Waals surface area contributed by atoms with Gasteiger partial charge >= 0.3 is 7.82 Å². The third kappa shape index (κ3) is 20.1. The Balaban J connectivity index is 1.74. The van der Waals surface area contributed by atoms with E-state index < -0.39 is 73.7 Å². The van der Waals surface area contributed by atoms with Crippen LogP contribution in [0, 0.1) is 5.92 Å². The Hall–Kier alpha value is -4.72. The number of likely N-dealkylation sites (tertiary alicyclic amines) is 1. The van der Waals surface area contributed by atoms with Gasteiger partial charge in [-0.2, -0.15) is 0 Å². The molecule has 6 atom stereocenters. The normalized spacial score (nSPS) is 16.3. The van der Waals surface area contributed by atoms with Gasteiger partial charge in [-0.3, -0.25) is 33.3 Å². The lowest BCUT2D eigenvalue weighted by Gasteiger charge is -2.28. The number of rotatable bonds is 31. The highest BCUT2D eigenvalue weighted by molar-refractivity contribution is 7.46. The van der Waals surface area contributed by atoms with E-state index in [9.17, 15) is 43.1 Å². The summed E-state index contributed by atoms with van der Waals surface area (Å²) < 4.78 is 28.3. The zero-order chi connectivity index (χ0) is 47.9. The number of ether oxygens (including phenoxy) is 2. The molecule has 8 N–H and O–H groups in total. The molecule has 2 aromatic rings. The second-order valence-electron chi connectivity index (χ2n) is 16.9. The van der Waals surface area contributed by atoms with Crippen LogP contribution in [-0.4, -0.2) is 129 Å². The van der Waals surface area contributed by atoms with Crippen LogP contribution in [0.25, 0.3) is 0 Å². The van der Waals surface area contributed by atoms with Gasteiger partial charge in [-0.25, -0.2) is 9.55 Å². The Bertz CT molecular complexity index is 1860. The number of carbonyl (C=O) groups excluding carboxylic acids is 6. The number of methoxy groups -OCH3 is 1. The van der Waals surface area contributed by atoms with Crippen molar-refractivity contribution in [2.45, 2.75) is 148 Å². The van der Waals surface area contributed by atoms with Gasteiger partial charge in [0.1, 0.15) is 30.2 Å². The van der Waals surface area contributed by atoms with Crippen LogP contribution in [0.4, 0.5) is 0 Å². The second-order valence-corrected chi connectivity index (χ2v) is 18.1. The number of hydrogen-bond donors (Lipinski definition) is 7. The van der Waals surface area contributed by atoms with Gasteiger partial charge in [-0.05, 0) is 63.9 Å². The molecule has 2 heterocycles. The Morgan fingerprint density at radius 1 is 0.862 bits per heavy atom. The molecular weight excluding hydrogens is 864 g/mol. The molecule has 1 aromatic heterocycles. The third-order valence-corrected chi connectivity index (χ3v) is 11.6. The average molecular weight is 935 g/mol. The summed E-state index contributed by atoms with van der Waals surface area (Å²) >= 11 is 0. The van der Waals surface area contributed by atoms with Crippen molar-refractivity contribution in [1.29, 1.82) is 0 Å². The van der Waals surface area contributed by atoms with Crippen LogP contribution < -0.4 is 27.0 Å². The van der Waals surface area contributed by atoms with Crippen molar-refractivity contribution in [1.82, 2.24) is 35.7 Å². The minimum atomic E-state index is -5.07. The summed E-state index contributed by atoms with van der Waals surface area (Å²) in [6.07, 6.45) is 10.2. The lowest BCUT2D eigenvalue weighted by molar-refractivity contribution is -0.140. The molecule has 1 aliphatic rings. The first-order valence-electron chi connectivity index (χ1n) is 22.5. The number of unbranched alkanes of at least 4 members (excludes halogenated alkanes) is 5. The van der Waals surface area contributed by atoms with Crippen LogP contribution >= 0.6 is 7.82 Å². The first kappa shape index (κ1) is 54.6. The SMILES string of the molecule is COCCOCCC(=O)N1CCCC1C(=O)N[C@@H](CC(C)C)C(=O)N[C@@H](Cc1cncn1CCCCCCCCc1ccccc1)C(=O)N[C@@H](C)C(=O)N[C@H](C(N)=O)[C@@H](C)OP(=O)(O)O. The standard InChI is InChI=1S/C44H71N8O12P/c1-30(2)26-35(49-44(58)37-19-15-22-52(37)38(53)20-23-63-25-24-62-5)43(57)48-36(42(56)47-31(3)41(55)50-39(40(45)54)32(4)64-65(59,60)61)27-34-28-46-29-51(34)21-14-9-7-6-8-11-16-33-17-12-10-13-18-33/h10,12-13,17-18,28-32,35-37,39H,6-9,11,14-16,19-27H2,1-5H3,(H2,45,54)(H,47,56)(H,48,57)(H,49,58)(H,50,55)(H2,59,60,61)/t31-,32+,35-,36-,37?,39-/m0/s1. The lowest BCUT2D eigenvalue weighted by Crippen LogP contribution is -2.60. The smallest absolute Gasteiger partial charge is 0.382 e. The van der Waals surface area contributed by atoms with Gasteiger partial charge in [0, 0.05) is 38.5 Å². The van der Waals surface area contributed by atoms with Crippen molar-refractivity contribution < 1.29 is 57.1 Å². The average Bonchev–Trinajstić information content (AvgIpc) is 3.92. The van der Waals surface area contributed by atoms with Crippen LogP contribution in [-0.2, 0) is 66.7 Å². The van der Waals surface area contributed by atoms with Gasteiger partial charge in [0.15, 0.2) is 0 Å². The van der Waals surface area contributed by atoms with E-state index in [4.69, 9.17) is 15.2 Å². The fourth-order valence-corrected chi connectivity index (χ4v) is 8.14. The van der Waals surface area contributed by atoms with Crippen molar-refractivity contribution in [3.63, 3.8) is 0 Å². The van der Waals surface area contributed by atoms with Crippen molar-refractivity contribution in [3.8, 4) is 0 Å². The number of nitrogens with one attached hydrogen (secondary N) is 4. The number of carbonyl (C=O) groups is 6. The Morgan fingerprint density at radius 3 is 2.20 bits per heavy atom. The lowest BCUT2D eigenvalue weighted by atomic mass is 10.0. The van der Waals surface area contributed by atoms with E-state index in [1.54, 1.807) is 19.6 Å². The summed E-state index contributed by atoms with van der Waals surface area (Å²) in [4.78, 5) is 105. The predicted octanol–water partition coefficient (Wildman–Crippen LogP) is 2.04. The molecule has 3 rings (SSSR count). The van der Waals surface area contributed by atoms with E-state index in [1.807, 2.05) is 24.5 Å².